The first-order valence-electron chi connectivity index (χ1n) is 5.49. The first-order valence-corrected chi connectivity index (χ1v) is 5.49. The van der Waals surface area contributed by atoms with Gasteiger partial charge in [-0.3, -0.25) is 4.79 Å². The molecule has 0 saturated heterocycles. The molecule has 1 aliphatic rings. The Morgan fingerprint density at radius 2 is 2.17 bits per heavy atom. The number of nitrogens with zero attached hydrogens (tertiary/aromatic N) is 2. The minimum atomic E-state index is -4.40. The molecule has 5 nitrogen and oxygen atoms in total. The van der Waals surface area contributed by atoms with Crippen molar-refractivity contribution in [3.8, 4) is 0 Å². The molecule has 2 atom stereocenters. The van der Waals surface area contributed by atoms with Crippen LogP contribution in [-0.4, -0.2) is 27.4 Å². The molecule has 2 rings (SSSR count). The smallest absolute Gasteiger partial charge is 0.396 e. The van der Waals surface area contributed by atoms with Crippen molar-refractivity contribution in [3.05, 3.63) is 11.7 Å². The summed E-state index contributed by atoms with van der Waals surface area (Å²) in [7, 11) is 0. The minimum Gasteiger partial charge on any atom is -0.481 e. The van der Waals surface area contributed by atoms with Gasteiger partial charge in [-0.25, -0.2) is 0 Å². The summed E-state index contributed by atoms with van der Waals surface area (Å²) >= 11 is 0. The van der Waals surface area contributed by atoms with Gasteiger partial charge in [-0.2, -0.15) is 18.2 Å². The maximum absolute atomic E-state index is 12.1. The Bertz CT molecular complexity index is 444. The molecule has 0 spiro atoms. The summed E-state index contributed by atoms with van der Waals surface area (Å²) in [5, 5.41) is 12.2. The minimum absolute atomic E-state index is 0.000787. The lowest BCUT2D eigenvalue weighted by atomic mass is 9.96. The van der Waals surface area contributed by atoms with E-state index >= 15 is 0 Å². The average Bonchev–Trinajstić information content (AvgIpc) is 2.81. The number of halogens is 3. The van der Waals surface area contributed by atoms with Crippen molar-refractivity contribution in [2.24, 2.45) is 5.92 Å². The van der Waals surface area contributed by atoms with E-state index in [-0.39, 0.29) is 5.89 Å². The van der Waals surface area contributed by atoms with Crippen LogP contribution in [0.4, 0.5) is 13.2 Å². The quantitative estimate of drug-likeness (QED) is 0.905. The van der Waals surface area contributed by atoms with Crippen molar-refractivity contribution in [2.75, 3.05) is 0 Å². The monoisotopic (exact) mass is 264 g/mol. The molecule has 18 heavy (non-hydrogen) atoms. The van der Waals surface area contributed by atoms with Crippen molar-refractivity contribution in [1.82, 2.24) is 10.1 Å². The van der Waals surface area contributed by atoms with Crippen LogP contribution in [0.3, 0.4) is 0 Å². The van der Waals surface area contributed by atoms with Crippen LogP contribution < -0.4 is 0 Å². The lowest BCUT2D eigenvalue weighted by Crippen LogP contribution is -2.17. The van der Waals surface area contributed by atoms with Crippen molar-refractivity contribution < 1.29 is 27.6 Å². The van der Waals surface area contributed by atoms with E-state index < -0.39 is 36.2 Å². The number of carboxylic acids is 1. The van der Waals surface area contributed by atoms with Crippen molar-refractivity contribution in [1.29, 1.82) is 0 Å². The van der Waals surface area contributed by atoms with Crippen LogP contribution in [-0.2, 0) is 11.2 Å². The molecule has 0 aliphatic heterocycles. The second kappa shape index (κ2) is 4.58. The van der Waals surface area contributed by atoms with Crippen molar-refractivity contribution in [3.63, 3.8) is 0 Å². The fourth-order valence-electron chi connectivity index (χ4n) is 2.22. The molecule has 0 radical (unpaired) electrons. The molecule has 1 heterocycles. The van der Waals surface area contributed by atoms with Crippen molar-refractivity contribution in [2.45, 2.75) is 37.8 Å². The van der Waals surface area contributed by atoms with Crippen LogP contribution in [0.15, 0.2) is 4.52 Å². The van der Waals surface area contributed by atoms with Gasteiger partial charge in [-0.05, 0) is 12.8 Å². The highest BCUT2D eigenvalue weighted by molar-refractivity contribution is 5.71. The number of hydrogen-bond donors (Lipinski definition) is 1. The second-order valence-corrected chi connectivity index (χ2v) is 4.32. The molecular weight excluding hydrogens is 253 g/mol. The van der Waals surface area contributed by atoms with E-state index in [1.54, 1.807) is 0 Å². The van der Waals surface area contributed by atoms with E-state index in [9.17, 15) is 18.0 Å². The van der Waals surface area contributed by atoms with Gasteiger partial charge in [0.2, 0.25) is 5.89 Å². The summed E-state index contributed by atoms with van der Waals surface area (Å²) in [6.45, 7) is 0. The normalized spacial score (nSPS) is 24.4. The molecule has 1 fully saturated rings. The van der Waals surface area contributed by atoms with Crippen LogP contribution in [0, 0.1) is 5.92 Å². The highest BCUT2D eigenvalue weighted by Crippen LogP contribution is 2.39. The third kappa shape index (κ3) is 2.80. The zero-order valence-electron chi connectivity index (χ0n) is 9.28. The molecule has 1 N–H and O–H groups in total. The molecule has 100 valence electrons. The van der Waals surface area contributed by atoms with Gasteiger partial charge < -0.3 is 9.63 Å². The Labute approximate surface area is 100.0 Å². The summed E-state index contributed by atoms with van der Waals surface area (Å²) in [5.41, 5.74) is 0. The number of aromatic nitrogens is 2. The molecule has 0 amide bonds. The third-order valence-electron chi connectivity index (χ3n) is 2.99. The van der Waals surface area contributed by atoms with Crippen molar-refractivity contribution >= 4 is 5.97 Å². The van der Waals surface area contributed by atoms with Crippen LogP contribution in [0.25, 0.3) is 0 Å². The molecule has 8 heteroatoms. The number of hydrogen-bond acceptors (Lipinski definition) is 4. The third-order valence-corrected chi connectivity index (χ3v) is 2.99. The van der Waals surface area contributed by atoms with Gasteiger partial charge in [-0.15, -0.1) is 0 Å². The molecule has 0 aromatic carbocycles. The zero-order valence-corrected chi connectivity index (χ0v) is 9.28. The first kappa shape index (κ1) is 12.8. The number of carboxylic acid groups (broad SMARTS) is 1. The van der Waals surface area contributed by atoms with Gasteiger partial charge in [0.1, 0.15) is 6.42 Å². The van der Waals surface area contributed by atoms with Crippen LogP contribution >= 0.6 is 0 Å². The molecule has 1 aromatic rings. The fraction of sp³-hybridized carbons (Fsp3) is 0.700. The van der Waals surface area contributed by atoms with E-state index in [0.29, 0.717) is 19.3 Å². The van der Waals surface area contributed by atoms with Crippen LogP contribution in [0.2, 0.25) is 0 Å². The molecule has 0 bridgehead atoms. The zero-order chi connectivity index (χ0) is 13.3. The SMILES string of the molecule is O=C(O)C1CCCC1c1nc(CC(F)(F)F)no1. The Morgan fingerprint density at radius 1 is 1.44 bits per heavy atom. The van der Waals surface area contributed by atoms with E-state index in [1.165, 1.54) is 0 Å². The predicted molar refractivity (Wildman–Crippen MR) is 51.8 cm³/mol. The standard InChI is InChI=1S/C10H11F3N2O3/c11-10(12,13)4-7-14-8(18-15-7)5-2-1-3-6(5)9(16)17/h5-6H,1-4H2,(H,16,17). The number of alkyl halides is 3. The van der Waals surface area contributed by atoms with Gasteiger partial charge in [0, 0.05) is 0 Å². The molecule has 2 unspecified atom stereocenters. The lowest BCUT2D eigenvalue weighted by Gasteiger charge is -2.10. The number of carbonyl (C=O) groups is 1. The summed E-state index contributed by atoms with van der Waals surface area (Å²) in [6.07, 6.45) is -3.94. The van der Waals surface area contributed by atoms with E-state index in [0.717, 1.165) is 0 Å². The highest BCUT2D eigenvalue weighted by atomic mass is 19.4. The predicted octanol–water partition coefficient (Wildman–Crippen LogP) is 2.14. The Kier molecular flexibility index (Phi) is 3.27. The van der Waals surface area contributed by atoms with Crippen LogP contribution in [0.5, 0.6) is 0 Å². The highest BCUT2D eigenvalue weighted by Gasteiger charge is 2.38. The Morgan fingerprint density at radius 3 is 2.78 bits per heavy atom. The van der Waals surface area contributed by atoms with E-state index in [4.69, 9.17) is 9.63 Å². The second-order valence-electron chi connectivity index (χ2n) is 4.32. The molecule has 1 aliphatic carbocycles. The topological polar surface area (TPSA) is 76.2 Å². The summed E-state index contributed by atoms with van der Waals surface area (Å²) in [5.74, 6) is -2.55. The molecule has 1 saturated carbocycles. The first-order chi connectivity index (χ1) is 8.37. The van der Waals surface area contributed by atoms with Gasteiger partial charge in [0.15, 0.2) is 5.82 Å². The fourth-order valence-corrected chi connectivity index (χ4v) is 2.22. The summed E-state index contributed by atoms with van der Waals surface area (Å²) in [6, 6.07) is 0. The van der Waals surface area contributed by atoms with Gasteiger partial charge in [0.25, 0.3) is 0 Å². The Balaban J connectivity index is 2.12. The maximum atomic E-state index is 12.1. The molecule has 1 aromatic heterocycles. The van der Waals surface area contributed by atoms with Gasteiger partial charge >= 0.3 is 12.1 Å². The van der Waals surface area contributed by atoms with Crippen LogP contribution in [0.1, 0.15) is 36.9 Å². The average molecular weight is 264 g/mol. The number of rotatable bonds is 3. The van der Waals surface area contributed by atoms with Gasteiger partial charge in [0.05, 0.1) is 11.8 Å². The van der Waals surface area contributed by atoms with Gasteiger partial charge in [-0.1, -0.05) is 11.6 Å². The molecular formula is C10H11F3N2O3. The Hall–Kier alpha value is -1.60. The summed E-state index contributed by atoms with van der Waals surface area (Å²) in [4.78, 5) is 14.6. The van der Waals surface area contributed by atoms with E-state index in [1.807, 2.05) is 0 Å². The lowest BCUT2D eigenvalue weighted by molar-refractivity contribution is -0.142. The summed E-state index contributed by atoms with van der Waals surface area (Å²) < 4.78 is 41.1. The largest absolute Gasteiger partial charge is 0.481 e. The number of aliphatic carboxylic acids is 1. The van der Waals surface area contributed by atoms with E-state index in [2.05, 4.69) is 10.1 Å². The maximum Gasteiger partial charge on any atom is 0.396 e.